The molecule has 8 nitrogen and oxygen atoms in total. The van der Waals surface area contributed by atoms with Crippen molar-refractivity contribution in [2.24, 2.45) is 28.2 Å². The van der Waals surface area contributed by atoms with E-state index in [0.717, 1.165) is 17.6 Å². The minimum atomic E-state index is -1.40. The average Bonchev–Trinajstić information content (AvgIpc) is 2.94. The van der Waals surface area contributed by atoms with Crippen LogP contribution in [0.1, 0.15) is 54.4 Å². The molecular formula is C27H41N3O5. The minimum absolute atomic E-state index is 0.143. The Labute approximate surface area is 208 Å². The van der Waals surface area contributed by atoms with Gasteiger partial charge in [0.15, 0.2) is 11.6 Å². The van der Waals surface area contributed by atoms with Crippen LogP contribution in [0.2, 0.25) is 0 Å². The maximum absolute atomic E-state index is 14.7. The minimum Gasteiger partial charge on any atom is -0.439 e. The molecule has 1 saturated carbocycles. The molecule has 194 valence electrons. The molecule has 1 heterocycles. The molecular weight excluding hydrogens is 446 g/mol. The van der Waals surface area contributed by atoms with Gasteiger partial charge in [-0.25, -0.2) is 4.79 Å². The Hall–Kier alpha value is -2.00. The summed E-state index contributed by atoms with van der Waals surface area (Å²) in [5.74, 6) is -0.950. The smallest absolute Gasteiger partial charge is 0.410 e. The zero-order valence-corrected chi connectivity index (χ0v) is 22.1. The molecule has 4 aliphatic rings. The van der Waals surface area contributed by atoms with E-state index in [2.05, 4.69) is 13.5 Å². The van der Waals surface area contributed by atoms with Gasteiger partial charge in [0.25, 0.3) is 0 Å². The number of carbonyl (C=O) groups excluding carboxylic acids is 2. The summed E-state index contributed by atoms with van der Waals surface area (Å²) in [6.07, 6.45) is 4.45. The number of nitrogens with zero attached hydrogens (tertiary/aromatic N) is 1. The van der Waals surface area contributed by atoms with Crippen LogP contribution in [0.3, 0.4) is 0 Å². The van der Waals surface area contributed by atoms with Crippen LogP contribution in [0.4, 0.5) is 4.79 Å². The van der Waals surface area contributed by atoms with Crippen LogP contribution in [0.5, 0.6) is 0 Å². The highest BCUT2D eigenvalue weighted by Crippen LogP contribution is 2.61. The van der Waals surface area contributed by atoms with Gasteiger partial charge in [-0.1, -0.05) is 39.0 Å². The number of likely N-dealkylation sites (N-methyl/N-ethyl adjacent to an activating group) is 1. The molecule has 6 unspecified atom stereocenters. The number of hydrogen-bond acceptors (Lipinski definition) is 7. The molecule has 0 aromatic rings. The summed E-state index contributed by atoms with van der Waals surface area (Å²) < 4.78 is 18.6. The fraction of sp³-hybridized carbons (Fsp3) is 0.704. The van der Waals surface area contributed by atoms with Gasteiger partial charge >= 0.3 is 6.09 Å². The zero-order valence-electron chi connectivity index (χ0n) is 22.1. The van der Waals surface area contributed by atoms with Gasteiger partial charge in [0.2, 0.25) is 0 Å². The number of fused-ring (bicyclic) bond motifs is 3. The van der Waals surface area contributed by atoms with Gasteiger partial charge in [-0.2, -0.15) is 0 Å². The maximum Gasteiger partial charge on any atom is 0.410 e. The predicted molar refractivity (Wildman–Crippen MR) is 133 cm³/mol. The Kier molecular flexibility index (Phi) is 5.96. The highest BCUT2D eigenvalue weighted by molar-refractivity contribution is 6.01. The SMILES string of the molecule is C=CCN(C)C(=O)OC1C(C)=CC23CCC(C)C(C)(C)C(N)(C=C4COC(C)(C)OC4C12N)C3=O. The summed E-state index contributed by atoms with van der Waals surface area (Å²) in [4.78, 5) is 29.2. The van der Waals surface area contributed by atoms with E-state index in [0.29, 0.717) is 13.0 Å². The van der Waals surface area contributed by atoms with E-state index in [4.69, 9.17) is 25.7 Å². The van der Waals surface area contributed by atoms with Gasteiger partial charge in [0.05, 0.1) is 12.0 Å². The van der Waals surface area contributed by atoms with Gasteiger partial charge in [-0.3, -0.25) is 4.79 Å². The standard InChI is InChI=1S/C27H41N3O5/c1-9-12-30(8)22(32)34-19-16(2)13-25-11-10-17(3)23(4,5)26(28,21(25)31)14-18-15-33-24(6,7)35-20(18)27(19,25)29/h9,13-14,17,19-20H,1,10-12,15,28-29H2,2-8H3. The first-order chi connectivity index (χ1) is 16.1. The summed E-state index contributed by atoms with van der Waals surface area (Å²) in [6, 6.07) is 0. The van der Waals surface area contributed by atoms with Gasteiger partial charge in [-0.05, 0) is 56.1 Å². The molecule has 1 saturated heterocycles. The third-order valence-electron chi connectivity index (χ3n) is 9.25. The summed E-state index contributed by atoms with van der Waals surface area (Å²) in [7, 11) is 1.63. The third-order valence-corrected chi connectivity index (χ3v) is 9.25. The molecule has 8 heteroatoms. The molecule has 4 N–H and O–H groups in total. The fourth-order valence-electron chi connectivity index (χ4n) is 6.55. The van der Waals surface area contributed by atoms with Crippen LogP contribution in [0, 0.1) is 16.7 Å². The van der Waals surface area contributed by atoms with E-state index in [1.54, 1.807) is 13.1 Å². The second-order valence-electron chi connectivity index (χ2n) is 12.0. The van der Waals surface area contributed by atoms with E-state index >= 15 is 0 Å². The highest BCUT2D eigenvalue weighted by atomic mass is 16.7. The Morgan fingerprint density at radius 1 is 1.29 bits per heavy atom. The number of amides is 1. The topological polar surface area (TPSA) is 117 Å². The number of ketones is 1. The summed E-state index contributed by atoms with van der Waals surface area (Å²) in [5.41, 5.74) is 11.6. The summed E-state index contributed by atoms with van der Waals surface area (Å²) >= 11 is 0. The monoisotopic (exact) mass is 487 g/mol. The average molecular weight is 488 g/mol. The Bertz CT molecular complexity index is 1020. The van der Waals surface area contributed by atoms with Crippen LogP contribution >= 0.6 is 0 Å². The zero-order chi connectivity index (χ0) is 26.2. The van der Waals surface area contributed by atoms with Crippen molar-refractivity contribution in [3.63, 3.8) is 0 Å². The van der Waals surface area contributed by atoms with Crippen LogP contribution < -0.4 is 11.5 Å². The molecule has 35 heavy (non-hydrogen) atoms. The molecule has 4 rings (SSSR count). The second kappa shape index (κ2) is 8.00. The number of Topliss-reactive ketones (excluding diaryl/α,β-unsaturated/α-hetero) is 1. The molecule has 1 spiro atoms. The molecule has 3 aliphatic carbocycles. The lowest BCUT2D eigenvalue weighted by Gasteiger charge is -2.52. The molecule has 6 atom stereocenters. The molecule has 1 amide bonds. The highest BCUT2D eigenvalue weighted by Gasteiger charge is 2.74. The molecule has 0 aromatic heterocycles. The second-order valence-corrected chi connectivity index (χ2v) is 12.0. The lowest BCUT2D eigenvalue weighted by molar-refractivity contribution is -0.272. The van der Waals surface area contributed by atoms with Crippen molar-refractivity contribution >= 4 is 11.9 Å². The largest absolute Gasteiger partial charge is 0.439 e. The number of ether oxygens (including phenoxy) is 3. The first-order valence-electron chi connectivity index (χ1n) is 12.5. The van der Waals surface area contributed by atoms with E-state index < -0.39 is 46.0 Å². The van der Waals surface area contributed by atoms with Crippen LogP contribution in [-0.2, 0) is 19.0 Å². The maximum atomic E-state index is 14.7. The van der Waals surface area contributed by atoms with Crippen molar-refractivity contribution < 1.29 is 23.8 Å². The Morgan fingerprint density at radius 2 is 1.94 bits per heavy atom. The van der Waals surface area contributed by atoms with Crippen molar-refractivity contribution in [2.75, 3.05) is 20.2 Å². The van der Waals surface area contributed by atoms with Gasteiger partial charge in [0.1, 0.15) is 23.3 Å². The van der Waals surface area contributed by atoms with Crippen molar-refractivity contribution in [2.45, 2.75) is 83.5 Å². The number of rotatable bonds is 3. The van der Waals surface area contributed by atoms with Crippen LogP contribution in [-0.4, -0.2) is 66.0 Å². The third kappa shape index (κ3) is 3.40. The first kappa shape index (κ1) is 26.1. The molecule has 1 aliphatic heterocycles. The summed E-state index contributed by atoms with van der Waals surface area (Å²) in [5, 5.41) is 0. The van der Waals surface area contributed by atoms with Gasteiger partial charge in [0, 0.05) is 13.6 Å². The van der Waals surface area contributed by atoms with E-state index in [9.17, 15) is 9.59 Å². The number of hydrogen-bond donors (Lipinski definition) is 2. The van der Waals surface area contributed by atoms with Crippen LogP contribution in [0.25, 0.3) is 0 Å². The van der Waals surface area contributed by atoms with E-state index in [1.165, 1.54) is 4.90 Å². The normalized spacial score (nSPS) is 41.4. The quantitative estimate of drug-likeness (QED) is 0.588. The molecule has 2 bridgehead atoms. The summed E-state index contributed by atoms with van der Waals surface area (Å²) in [6.45, 7) is 16.0. The first-order valence-corrected chi connectivity index (χ1v) is 12.5. The van der Waals surface area contributed by atoms with Crippen LogP contribution in [0.15, 0.2) is 36.0 Å². The predicted octanol–water partition coefficient (Wildman–Crippen LogP) is 3.07. The lowest BCUT2D eigenvalue weighted by Crippen LogP contribution is -2.73. The van der Waals surface area contributed by atoms with Crippen molar-refractivity contribution in [3.05, 3.63) is 36.0 Å². The van der Waals surface area contributed by atoms with E-state index in [-0.39, 0.29) is 18.3 Å². The fourth-order valence-corrected chi connectivity index (χ4v) is 6.55. The van der Waals surface area contributed by atoms with Gasteiger partial charge in [-0.15, -0.1) is 6.58 Å². The van der Waals surface area contributed by atoms with Gasteiger partial charge < -0.3 is 30.6 Å². The van der Waals surface area contributed by atoms with Crippen molar-refractivity contribution in [1.29, 1.82) is 0 Å². The Balaban J connectivity index is 1.96. The van der Waals surface area contributed by atoms with Crippen molar-refractivity contribution in [1.82, 2.24) is 4.90 Å². The van der Waals surface area contributed by atoms with Crippen molar-refractivity contribution in [3.8, 4) is 0 Å². The number of carbonyl (C=O) groups is 2. The molecule has 0 aromatic carbocycles. The Morgan fingerprint density at radius 3 is 2.57 bits per heavy atom. The molecule has 2 fully saturated rings. The van der Waals surface area contributed by atoms with E-state index in [1.807, 2.05) is 46.8 Å². The molecule has 0 radical (unpaired) electrons. The lowest BCUT2D eigenvalue weighted by atomic mass is 9.59. The number of nitrogens with two attached hydrogens (primary N) is 2.